The highest BCUT2D eigenvalue weighted by molar-refractivity contribution is 5.21. The summed E-state index contributed by atoms with van der Waals surface area (Å²) in [6, 6.07) is 7.11. The lowest BCUT2D eigenvalue weighted by Gasteiger charge is -2.26. The summed E-state index contributed by atoms with van der Waals surface area (Å²) in [5.41, 5.74) is 1.19. The summed E-state index contributed by atoms with van der Waals surface area (Å²) < 4.78 is 13.0. The van der Waals surface area contributed by atoms with E-state index in [0.29, 0.717) is 5.92 Å². The molecule has 1 heteroatoms. The van der Waals surface area contributed by atoms with Crippen LogP contribution >= 0.6 is 0 Å². The third kappa shape index (κ3) is 2.14. The predicted octanol–water partition coefficient (Wildman–Crippen LogP) is 4.12. The summed E-state index contributed by atoms with van der Waals surface area (Å²) in [6.07, 6.45) is 5.09. The molecule has 1 aliphatic rings. The molecule has 2 atom stereocenters. The maximum absolute atomic E-state index is 13.0. The van der Waals surface area contributed by atoms with E-state index in [4.69, 9.17) is 0 Å². The molecule has 1 aromatic rings. The minimum absolute atomic E-state index is 0.0965. The molecule has 1 aromatic carbocycles. The predicted molar refractivity (Wildman–Crippen MR) is 56.8 cm³/mol. The van der Waals surface area contributed by atoms with Gasteiger partial charge in [-0.1, -0.05) is 31.9 Å². The van der Waals surface area contributed by atoms with Crippen molar-refractivity contribution in [2.45, 2.75) is 38.5 Å². The normalized spacial score (nSPS) is 27.6. The standard InChI is InChI=1S/C13H17F/c1-10-4-2-5-11(8-10)12-6-3-7-13(14)9-12/h3,6-7,9-11H,2,4-5,8H2,1H3. The molecule has 0 bridgehead atoms. The maximum atomic E-state index is 13.0. The van der Waals surface area contributed by atoms with Gasteiger partial charge in [-0.3, -0.25) is 0 Å². The highest BCUT2D eigenvalue weighted by atomic mass is 19.1. The molecule has 0 radical (unpaired) electrons. The van der Waals surface area contributed by atoms with Gasteiger partial charge in [0.2, 0.25) is 0 Å². The van der Waals surface area contributed by atoms with E-state index >= 15 is 0 Å². The van der Waals surface area contributed by atoms with Crippen LogP contribution < -0.4 is 0 Å². The van der Waals surface area contributed by atoms with Crippen molar-refractivity contribution in [2.24, 2.45) is 5.92 Å². The highest BCUT2D eigenvalue weighted by Crippen LogP contribution is 2.35. The lowest BCUT2D eigenvalue weighted by molar-refractivity contribution is 0.343. The Morgan fingerprint density at radius 2 is 2.14 bits per heavy atom. The molecule has 2 rings (SSSR count). The van der Waals surface area contributed by atoms with E-state index in [1.807, 2.05) is 6.07 Å². The van der Waals surface area contributed by atoms with E-state index in [0.717, 1.165) is 5.92 Å². The van der Waals surface area contributed by atoms with E-state index in [1.165, 1.54) is 37.3 Å². The van der Waals surface area contributed by atoms with Crippen LogP contribution in [0.2, 0.25) is 0 Å². The minimum Gasteiger partial charge on any atom is -0.207 e. The van der Waals surface area contributed by atoms with Crippen molar-refractivity contribution in [3.05, 3.63) is 35.6 Å². The van der Waals surface area contributed by atoms with Crippen LogP contribution in [0, 0.1) is 11.7 Å². The largest absolute Gasteiger partial charge is 0.207 e. The number of rotatable bonds is 1. The second-order valence-electron chi connectivity index (χ2n) is 4.52. The molecule has 1 aliphatic carbocycles. The summed E-state index contributed by atoms with van der Waals surface area (Å²) in [6.45, 7) is 2.30. The van der Waals surface area contributed by atoms with Crippen LogP contribution in [0.3, 0.4) is 0 Å². The van der Waals surface area contributed by atoms with Crippen molar-refractivity contribution in [1.29, 1.82) is 0 Å². The summed E-state index contributed by atoms with van der Waals surface area (Å²) in [5, 5.41) is 0. The molecule has 0 spiro atoms. The molecule has 0 nitrogen and oxygen atoms in total. The fourth-order valence-corrected chi connectivity index (χ4v) is 2.50. The van der Waals surface area contributed by atoms with Gasteiger partial charge in [-0.05, 0) is 42.4 Å². The van der Waals surface area contributed by atoms with Gasteiger partial charge in [0.15, 0.2) is 0 Å². The van der Waals surface area contributed by atoms with Crippen molar-refractivity contribution in [2.75, 3.05) is 0 Å². The van der Waals surface area contributed by atoms with Crippen molar-refractivity contribution in [3.63, 3.8) is 0 Å². The van der Waals surface area contributed by atoms with Gasteiger partial charge in [-0.25, -0.2) is 4.39 Å². The van der Waals surface area contributed by atoms with E-state index in [2.05, 4.69) is 13.0 Å². The van der Waals surface area contributed by atoms with Crippen molar-refractivity contribution in [3.8, 4) is 0 Å². The van der Waals surface area contributed by atoms with E-state index in [1.54, 1.807) is 6.07 Å². The van der Waals surface area contributed by atoms with Gasteiger partial charge in [0.25, 0.3) is 0 Å². The van der Waals surface area contributed by atoms with E-state index in [9.17, 15) is 4.39 Å². The molecular weight excluding hydrogens is 175 g/mol. The van der Waals surface area contributed by atoms with Crippen molar-refractivity contribution < 1.29 is 4.39 Å². The first-order chi connectivity index (χ1) is 6.75. The molecule has 0 amide bonds. The SMILES string of the molecule is CC1CCCC(c2cccc(F)c2)C1. The number of benzene rings is 1. The van der Waals surface area contributed by atoms with E-state index in [-0.39, 0.29) is 5.82 Å². The number of hydrogen-bond acceptors (Lipinski definition) is 0. The summed E-state index contributed by atoms with van der Waals surface area (Å²) in [5.74, 6) is 1.30. The van der Waals surface area contributed by atoms with Crippen LogP contribution in [0.1, 0.15) is 44.1 Å². The van der Waals surface area contributed by atoms with Gasteiger partial charge in [-0.2, -0.15) is 0 Å². The van der Waals surface area contributed by atoms with Crippen LogP contribution in [-0.4, -0.2) is 0 Å². The molecule has 76 valence electrons. The summed E-state index contributed by atoms with van der Waals surface area (Å²) in [7, 11) is 0. The molecular formula is C13H17F. The summed E-state index contributed by atoms with van der Waals surface area (Å²) in [4.78, 5) is 0. The number of hydrogen-bond donors (Lipinski definition) is 0. The minimum atomic E-state index is -0.0965. The van der Waals surface area contributed by atoms with Crippen LogP contribution in [0.4, 0.5) is 4.39 Å². The first-order valence-corrected chi connectivity index (χ1v) is 5.51. The van der Waals surface area contributed by atoms with Gasteiger partial charge < -0.3 is 0 Å². The molecule has 1 fully saturated rings. The van der Waals surface area contributed by atoms with Crippen LogP contribution in [-0.2, 0) is 0 Å². The second kappa shape index (κ2) is 4.12. The number of halogens is 1. The Labute approximate surface area is 85.1 Å². The smallest absolute Gasteiger partial charge is 0.123 e. The van der Waals surface area contributed by atoms with Gasteiger partial charge >= 0.3 is 0 Å². The lowest BCUT2D eigenvalue weighted by Crippen LogP contribution is -2.11. The zero-order valence-corrected chi connectivity index (χ0v) is 8.67. The maximum Gasteiger partial charge on any atom is 0.123 e. The molecule has 0 heterocycles. The Kier molecular flexibility index (Phi) is 2.85. The first-order valence-electron chi connectivity index (χ1n) is 5.51. The first kappa shape index (κ1) is 9.70. The lowest BCUT2D eigenvalue weighted by atomic mass is 9.79. The Morgan fingerprint density at radius 1 is 1.29 bits per heavy atom. The molecule has 0 aromatic heterocycles. The summed E-state index contributed by atoms with van der Waals surface area (Å²) >= 11 is 0. The Morgan fingerprint density at radius 3 is 2.86 bits per heavy atom. The monoisotopic (exact) mass is 192 g/mol. The topological polar surface area (TPSA) is 0 Å². The molecule has 2 unspecified atom stereocenters. The molecule has 0 saturated heterocycles. The molecule has 14 heavy (non-hydrogen) atoms. The van der Waals surface area contributed by atoms with Crippen LogP contribution in [0.25, 0.3) is 0 Å². The van der Waals surface area contributed by atoms with Gasteiger partial charge in [-0.15, -0.1) is 0 Å². The fraction of sp³-hybridized carbons (Fsp3) is 0.538. The molecule has 0 N–H and O–H groups in total. The zero-order chi connectivity index (χ0) is 9.97. The van der Waals surface area contributed by atoms with Gasteiger partial charge in [0.05, 0.1) is 0 Å². The Balaban J connectivity index is 2.14. The van der Waals surface area contributed by atoms with Crippen molar-refractivity contribution >= 4 is 0 Å². The third-order valence-electron chi connectivity index (χ3n) is 3.26. The van der Waals surface area contributed by atoms with Gasteiger partial charge in [0.1, 0.15) is 5.82 Å². The Bertz CT molecular complexity index is 306. The van der Waals surface area contributed by atoms with E-state index < -0.39 is 0 Å². The Hall–Kier alpha value is -0.850. The third-order valence-corrected chi connectivity index (χ3v) is 3.26. The zero-order valence-electron chi connectivity index (χ0n) is 8.67. The molecule has 0 aliphatic heterocycles. The fourth-order valence-electron chi connectivity index (χ4n) is 2.50. The highest BCUT2D eigenvalue weighted by Gasteiger charge is 2.20. The van der Waals surface area contributed by atoms with Gasteiger partial charge in [0, 0.05) is 0 Å². The van der Waals surface area contributed by atoms with Crippen molar-refractivity contribution in [1.82, 2.24) is 0 Å². The quantitative estimate of drug-likeness (QED) is 0.628. The average Bonchev–Trinajstić information content (AvgIpc) is 2.18. The average molecular weight is 192 g/mol. The second-order valence-corrected chi connectivity index (χ2v) is 4.52. The van der Waals surface area contributed by atoms with Crippen LogP contribution in [0.15, 0.2) is 24.3 Å². The van der Waals surface area contributed by atoms with Crippen LogP contribution in [0.5, 0.6) is 0 Å². The molecule has 1 saturated carbocycles.